The Kier molecular flexibility index (Phi) is 5.35. The molecule has 1 aromatic rings. The van der Waals surface area contributed by atoms with Crippen molar-refractivity contribution in [2.45, 2.75) is 25.3 Å². The summed E-state index contributed by atoms with van der Waals surface area (Å²) in [6.45, 7) is 1.26. The minimum atomic E-state index is -0.351. The highest BCUT2D eigenvalue weighted by atomic mass is 19.1. The van der Waals surface area contributed by atoms with Crippen LogP contribution in [-0.4, -0.2) is 37.9 Å². The molecule has 2 rings (SSSR count). The van der Waals surface area contributed by atoms with Gasteiger partial charge in [0.05, 0.1) is 12.6 Å². The topological polar surface area (TPSA) is 38.8 Å². The molecule has 1 heterocycles. The molecule has 0 radical (unpaired) electrons. The second kappa shape index (κ2) is 7.24. The highest BCUT2D eigenvalue weighted by molar-refractivity contribution is 5.68. The van der Waals surface area contributed by atoms with Crippen molar-refractivity contribution in [3.05, 3.63) is 35.6 Å². The summed E-state index contributed by atoms with van der Waals surface area (Å²) in [6.07, 6.45) is 2.47. The minimum absolute atomic E-state index is 0.102. The first kappa shape index (κ1) is 14.8. The van der Waals surface area contributed by atoms with Crippen molar-refractivity contribution < 1.29 is 18.7 Å². The molecule has 1 aromatic carbocycles. The molecule has 1 saturated heterocycles. The summed E-state index contributed by atoms with van der Waals surface area (Å²) in [7, 11) is 1.56. The van der Waals surface area contributed by atoms with Gasteiger partial charge in [-0.05, 0) is 37.0 Å². The molecule has 110 valence electrons. The van der Waals surface area contributed by atoms with Gasteiger partial charge in [-0.3, -0.25) is 0 Å². The first-order valence-corrected chi connectivity index (χ1v) is 6.90. The van der Waals surface area contributed by atoms with Crippen LogP contribution in [0.25, 0.3) is 0 Å². The van der Waals surface area contributed by atoms with E-state index in [0.717, 1.165) is 24.8 Å². The van der Waals surface area contributed by atoms with Crippen LogP contribution >= 0.6 is 0 Å². The number of nitrogens with zero attached hydrogens (tertiary/aromatic N) is 1. The van der Waals surface area contributed by atoms with Crippen LogP contribution in [0.3, 0.4) is 0 Å². The van der Waals surface area contributed by atoms with Crippen LogP contribution in [0, 0.1) is 5.82 Å². The third kappa shape index (κ3) is 3.70. The summed E-state index contributed by atoms with van der Waals surface area (Å²) in [5.41, 5.74) is 0.827. The first-order chi connectivity index (χ1) is 9.72. The lowest BCUT2D eigenvalue weighted by atomic mass is 9.95. The molecule has 4 nitrogen and oxygen atoms in total. The number of likely N-dealkylation sites (tertiary alicyclic amines) is 1. The van der Waals surface area contributed by atoms with E-state index in [2.05, 4.69) is 0 Å². The summed E-state index contributed by atoms with van der Waals surface area (Å²) in [6, 6.07) is 6.33. The number of ether oxygens (including phenoxy) is 2. The van der Waals surface area contributed by atoms with E-state index < -0.39 is 0 Å². The average molecular weight is 281 g/mol. The molecule has 5 heteroatoms. The number of methoxy groups -OCH3 is 1. The van der Waals surface area contributed by atoms with Crippen LogP contribution in [-0.2, 0) is 9.47 Å². The summed E-state index contributed by atoms with van der Waals surface area (Å²) in [4.78, 5) is 13.8. The zero-order chi connectivity index (χ0) is 14.4. The molecule has 0 aliphatic carbocycles. The molecule has 0 bridgehead atoms. The molecule has 0 aromatic heterocycles. The number of hydrogen-bond acceptors (Lipinski definition) is 3. The van der Waals surface area contributed by atoms with Crippen molar-refractivity contribution in [3.8, 4) is 0 Å². The van der Waals surface area contributed by atoms with Crippen LogP contribution in [0.5, 0.6) is 0 Å². The van der Waals surface area contributed by atoms with Gasteiger partial charge in [-0.15, -0.1) is 0 Å². The predicted octanol–water partition coefficient (Wildman–Crippen LogP) is 3.14. The number of hydrogen-bond donors (Lipinski definition) is 0. The monoisotopic (exact) mass is 281 g/mol. The van der Waals surface area contributed by atoms with E-state index >= 15 is 0 Å². The van der Waals surface area contributed by atoms with Gasteiger partial charge in [0.15, 0.2) is 0 Å². The van der Waals surface area contributed by atoms with E-state index in [4.69, 9.17) is 9.47 Å². The molecule has 20 heavy (non-hydrogen) atoms. The highest BCUT2D eigenvalue weighted by Crippen LogP contribution is 2.31. The predicted molar refractivity (Wildman–Crippen MR) is 72.9 cm³/mol. The average Bonchev–Trinajstić information content (AvgIpc) is 2.47. The largest absolute Gasteiger partial charge is 0.447 e. The van der Waals surface area contributed by atoms with E-state index in [9.17, 15) is 9.18 Å². The Labute approximate surface area is 118 Å². The molecule has 1 aliphatic rings. The van der Waals surface area contributed by atoms with Gasteiger partial charge in [-0.2, -0.15) is 0 Å². The number of carbonyl (C=O) groups excluding carboxylic acids is 1. The summed E-state index contributed by atoms with van der Waals surface area (Å²) in [5.74, 6) is -0.277. The van der Waals surface area contributed by atoms with Crippen LogP contribution < -0.4 is 0 Å². The Morgan fingerprint density at radius 1 is 1.40 bits per heavy atom. The molecule has 0 spiro atoms. The summed E-state index contributed by atoms with van der Waals surface area (Å²) >= 11 is 0. The van der Waals surface area contributed by atoms with E-state index in [1.807, 2.05) is 6.07 Å². The molecular formula is C15H20FNO3. The van der Waals surface area contributed by atoms with E-state index in [0.29, 0.717) is 13.2 Å². The maximum absolute atomic E-state index is 13.3. The molecule has 1 amide bonds. The molecule has 1 atom stereocenters. The van der Waals surface area contributed by atoms with E-state index in [-0.39, 0.29) is 24.6 Å². The van der Waals surface area contributed by atoms with Gasteiger partial charge in [0.25, 0.3) is 0 Å². The zero-order valence-corrected chi connectivity index (χ0v) is 11.7. The normalized spacial score (nSPS) is 18.9. The Morgan fingerprint density at radius 2 is 2.25 bits per heavy atom. The zero-order valence-electron chi connectivity index (χ0n) is 11.7. The molecule has 1 aliphatic heterocycles. The maximum atomic E-state index is 13.3. The SMILES string of the molecule is COCCOC(=O)N1CCCCC1c1cccc(F)c1. The lowest BCUT2D eigenvalue weighted by Crippen LogP contribution is -2.39. The lowest BCUT2D eigenvalue weighted by molar-refractivity contribution is 0.0522. The number of carbonyl (C=O) groups is 1. The molecular weight excluding hydrogens is 261 g/mol. The van der Waals surface area contributed by atoms with Crippen LogP contribution in [0.2, 0.25) is 0 Å². The van der Waals surface area contributed by atoms with Gasteiger partial charge < -0.3 is 14.4 Å². The van der Waals surface area contributed by atoms with Crippen molar-refractivity contribution in [2.75, 3.05) is 26.9 Å². The Hall–Kier alpha value is -1.62. The number of rotatable bonds is 4. The molecule has 1 unspecified atom stereocenters. The van der Waals surface area contributed by atoms with Crippen molar-refractivity contribution in [3.63, 3.8) is 0 Å². The van der Waals surface area contributed by atoms with Crippen LogP contribution in [0.1, 0.15) is 30.9 Å². The quantitative estimate of drug-likeness (QED) is 0.796. The van der Waals surface area contributed by atoms with Gasteiger partial charge in [-0.25, -0.2) is 9.18 Å². The van der Waals surface area contributed by atoms with E-state index in [1.165, 1.54) is 12.1 Å². The van der Waals surface area contributed by atoms with E-state index in [1.54, 1.807) is 18.1 Å². The van der Waals surface area contributed by atoms with Gasteiger partial charge in [0.2, 0.25) is 0 Å². The van der Waals surface area contributed by atoms with Crippen LogP contribution in [0.4, 0.5) is 9.18 Å². The number of amides is 1. The second-order valence-electron chi connectivity index (χ2n) is 4.87. The fraction of sp³-hybridized carbons (Fsp3) is 0.533. The Morgan fingerprint density at radius 3 is 3.00 bits per heavy atom. The number of benzene rings is 1. The van der Waals surface area contributed by atoms with Crippen molar-refractivity contribution >= 4 is 6.09 Å². The maximum Gasteiger partial charge on any atom is 0.410 e. The number of halogens is 1. The highest BCUT2D eigenvalue weighted by Gasteiger charge is 2.29. The summed E-state index contributed by atoms with van der Waals surface area (Å²) in [5, 5.41) is 0. The summed E-state index contributed by atoms with van der Waals surface area (Å²) < 4.78 is 23.4. The Balaban J connectivity index is 2.07. The van der Waals surface area contributed by atoms with Gasteiger partial charge in [0.1, 0.15) is 12.4 Å². The third-order valence-corrected chi connectivity index (χ3v) is 3.48. The molecule has 1 fully saturated rings. The smallest absolute Gasteiger partial charge is 0.410 e. The van der Waals surface area contributed by atoms with Gasteiger partial charge >= 0.3 is 6.09 Å². The second-order valence-corrected chi connectivity index (χ2v) is 4.87. The fourth-order valence-electron chi connectivity index (χ4n) is 2.51. The van der Waals surface area contributed by atoms with Gasteiger partial charge in [0, 0.05) is 13.7 Å². The lowest BCUT2D eigenvalue weighted by Gasteiger charge is -2.35. The molecule has 0 saturated carbocycles. The standard InChI is InChI=1S/C15H20FNO3/c1-19-9-10-20-15(18)17-8-3-2-7-14(17)12-5-4-6-13(16)11-12/h4-6,11,14H,2-3,7-10H2,1H3. The third-order valence-electron chi connectivity index (χ3n) is 3.48. The molecule has 0 N–H and O–H groups in total. The van der Waals surface area contributed by atoms with Crippen molar-refractivity contribution in [1.82, 2.24) is 4.90 Å². The fourth-order valence-corrected chi connectivity index (χ4v) is 2.51. The van der Waals surface area contributed by atoms with Crippen molar-refractivity contribution in [1.29, 1.82) is 0 Å². The Bertz CT molecular complexity index is 452. The van der Waals surface area contributed by atoms with Gasteiger partial charge in [-0.1, -0.05) is 12.1 Å². The van der Waals surface area contributed by atoms with Crippen LogP contribution in [0.15, 0.2) is 24.3 Å². The van der Waals surface area contributed by atoms with Crippen molar-refractivity contribution in [2.24, 2.45) is 0 Å². The first-order valence-electron chi connectivity index (χ1n) is 6.90. The minimum Gasteiger partial charge on any atom is -0.447 e. The number of piperidine rings is 1.